The van der Waals surface area contributed by atoms with Crippen LogP contribution in [0, 0.1) is 0 Å². The fourth-order valence-electron chi connectivity index (χ4n) is 3.16. The Hall–Kier alpha value is -2.26. The summed E-state index contributed by atoms with van der Waals surface area (Å²) >= 11 is 0. The first-order valence-electron chi connectivity index (χ1n) is 8.22. The number of hydrogen-bond acceptors (Lipinski definition) is 4. The van der Waals surface area contributed by atoms with E-state index in [4.69, 9.17) is 4.74 Å². The lowest BCUT2D eigenvalue weighted by Crippen LogP contribution is -2.30. The Bertz CT molecular complexity index is 898. The number of benzene rings is 2. The molecule has 0 bridgehead atoms. The van der Waals surface area contributed by atoms with Gasteiger partial charge in [-0.2, -0.15) is 4.31 Å². The van der Waals surface area contributed by atoms with E-state index in [1.54, 1.807) is 18.2 Å². The summed E-state index contributed by atoms with van der Waals surface area (Å²) in [6, 6.07) is 11.1. The molecule has 0 aromatic heterocycles. The molecular formula is C18H18F3NO4S. The third-order valence-corrected chi connectivity index (χ3v) is 6.27. The highest BCUT2D eigenvalue weighted by Gasteiger charge is 2.36. The lowest BCUT2D eigenvalue weighted by molar-refractivity contribution is -0.274. The summed E-state index contributed by atoms with van der Waals surface area (Å²) in [7, 11) is -2.33. The van der Waals surface area contributed by atoms with Crippen LogP contribution in [0.2, 0.25) is 0 Å². The standard InChI is InChI=1S/C18H18F3NO4S/c1-25-15-5-2-4-13(12-15)17-6-3-11-22(17)27(23,24)16-9-7-14(8-10-16)26-18(19,20)21/h2,4-5,7-10,12,17H,3,6,11H2,1H3. The topological polar surface area (TPSA) is 55.8 Å². The molecule has 0 aliphatic carbocycles. The van der Waals surface area contributed by atoms with Crippen LogP contribution < -0.4 is 9.47 Å². The van der Waals surface area contributed by atoms with Crippen molar-refractivity contribution in [3.05, 3.63) is 54.1 Å². The number of rotatable bonds is 5. The molecule has 27 heavy (non-hydrogen) atoms. The first-order chi connectivity index (χ1) is 12.7. The maximum absolute atomic E-state index is 13.0. The van der Waals surface area contributed by atoms with Crippen molar-refractivity contribution >= 4 is 10.0 Å². The third-order valence-electron chi connectivity index (χ3n) is 4.35. The number of sulfonamides is 1. The van der Waals surface area contributed by atoms with Crippen molar-refractivity contribution in [2.45, 2.75) is 30.1 Å². The van der Waals surface area contributed by atoms with Gasteiger partial charge in [0.25, 0.3) is 0 Å². The molecule has 1 atom stereocenters. The number of ether oxygens (including phenoxy) is 2. The lowest BCUT2D eigenvalue weighted by atomic mass is 10.1. The van der Waals surface area contributed by atoms with E-state index in [1.807, 2.05) is 6.07 Å². The Labute approximate surface area is 155 Å². The summed E-state index contributed by atoms with van der Waals surface area (Å²) in [4.78, 5) is -0.0770. The van der Waals surface area contributed by atoms with E-state index in [0.29, 0.717) is 25.1 Å². The minimum Gasteiger partial charge on any atom is -0.497 e. The van der Waals surface area contributed by atoms with Crippen molar-refractivity contribution in [3.8, 4) is 11.5 Å². The van der Waals surface area contributed by atoms with E-state index >= 15 is 0 Å². The van der Waals surface area contributed by atoms with Gasteiger partial charge >= 0.3 is 6.36 Å². The smallest absolute Gasteiger partial charge is 0.497 e. The fourth-order valence-corrected chi connectivity index (χ4v) is 4.84. The number of methoxy groups -OCH3 is 1. The Balaban J connectivity index is 1.87. The molecule has 2 aromatic carbocycles. The average molecular weight is 401 g/mol. The largest absolute Gasteiger partial charge is 0.573 e. The number of nitrogens with zero attached hydrogens (tertiary/aromatic N) is 1. The zero-order valence-corrected chi connectivity index (χ0v) is 15.3. The van der Waals surface area contributed by atoms with Crippen molar-refractivity contribution in [3.63, 3.8) is 0 Å². The second-order valence-electron chi connectivity index (χ2n) is 6.07. The third kappa shape index (κ3) is 4.36. The van der Waals surface area contributed by atoms with E-state index in [-0.39, 0.29) is 10.9 Å². The quantitative estimate of drug-likeness (QED) is 0.756. The molecule has 0 saturated carbocycles. The molecule has 1 heterocycles. The average Bonchev–Trinajstić information content (AvgIpc) is 3.11. The first kappa shape index (κ1) is 19.5. The summed E-state index contributed by atoms with van der Waals surface area (Å²) in [5.74, 6) is 0.164. The Morgan fingerprint density at radius 2 is 1.78 bits per heavy atom. The molecule has 1 saturated heterocycles. The molecule has 0 radical (unpaired) electrons. The van der Waals surface area contributed by atoms with Crippen LogP contribution in [0.5, 0.6) is 11.5 Å². The van der Waals surface area contributed by atoms with Crippen LogP contribution in [-0.4, -0.2) is 32.7 Å². The van der Waals surface area contributed by atoms with Crippen LogP contribution in [0.3, 0.4) is 0 Å². The molecular weight excluding hydrogens is 383 g/mol. The zero-order chi connectivity index (χ0) is 19.7. The van der Waals surface area contributed by atoms with Gasteiger partial charge in [0.2, 0.25) is 10.0 Å². The van der Waals surface area contributed by atoms with Crippen LogP contribution in [0.25, 0.3) is 0 Å². The molecule has 1 unspecified atom stereocenters. The van der Waals surface area contributed by atoms with Crippen molar-refractivity contribution in [1.29, 1.82) is 0 Å². The van der Waals surface area contributed by atoms with Crippen molar-refractivity contribution in [2.24, 2.45) is 0 Å². The molecule has 0 spiro atoms. The molecule has 0 amide bonds. The van der Waals surface area contributed by atoms with Gasteiger partial charge in [0.15, 0.2) is 0 Å². The highest BCUT2D eigenvalue weighted by molar-refractivity contribution is 7.89. The van der Waals surface area contributed by atoms with Crippen LogP contribution >= 0.6 is 0 Å². The van der Waals surface area contributed by atoms with E-state index in [9.17, 15) is 21.6 Å². The van der Waals surface area contributed by atoms with Gasteiger partial charge < -0.3 is 9.47 Å². The molecule has 146 valence electrons. The van der Waals surface area contributed by atoms with Gasteiger partial charge in [0, 0.05) is 6.54 Å². The lowest BCUT2D eigenvalue weighted by Gasteiger charge is -2.25. The van der Waals surface area contributed by atoms with E-state index in [1.165, 1.54) is 11.4 Å². The molecule has 5 nitrogen and oxygen atoms in total. The summed E-state index contributed by atoms with van der Waals surface area (Å²) in [6.07, 6.45) is -3.48. The maximum atomic E-state index is 13.0. The van der Waals surface area contributed by atoms with Crippen molar-refractivity contribution in [1.82, 2.24) is 4.31 Å². The molecule has 1 fully saturated rings. The van der Waals surface area contributed by atoms with Gasteiger partial charge in [-0.1, -0.05) is 12.1 Å². The number of hydrogen-bond donors (Lipinski definition) is 0. The van der Waals surface area contributed by atoms with Crippen LogP contribution in [0.1, 0.15) is 24.4 Å². The van der Waals surface area contributed by atoms with E-state index < -0.39 is 22.1 Å². The molecule has 9 heteroatoms. The Kier molecular flexibility index (Phi) is 5.34. The molecule has 3 rings (SSSR count). The predicted octanol–water partition coefficient (Wildman–Crippen LogP) is 4.12. The van der Waals surface area contributed by atoms with Gasteiger partial charge in [0.05, 0.1) is 18.0 Å². The SMILES string of the molecule is COc1cccc(C2CCCN2S(=O)(=O)c2ccc(OC(F)(F)F)cc2)c1. The van der Waals surface area contributed by atoms with Gasteiger partial charge in [-0.05, 0) is 54.8 Å². The van der Waals surface area contributed by atoms with Crippen LogP contribution in [-0.2, 0) is 10.0 Å². The molecule has 1 aliphatic rings. The second kappa shape index (κ2) is 7.40. The molecule has 0 N–H and O–H groups in total. The molecule has 1 aliphatic heterocycles. The minimum atomic E-state index is -4.83. The van der Waals surface area contributed by atoms with Crippen LogP contribution in [0.15, 0.2) is 53.4 Å². The van der Waals surface area contributed by atoms with Crippen molar-refractivity contribution in [2.75, 3.05) is 13.7 Å². The second-order valence-corrected chi connectivity index (χ2v) is 7.96. The van der Waals surface area contributed by atoms with Gasteiger partial charge in [0.1, 0.15) is 11.5 Å². The van der Waals surface area contributed by atoms with Crippen LogP contribution in [0.4, 0.5) is 13.2 Å². The first-order valence-corrected chi connectivity index (χ1v) is 9.66. The van der Waals surface area contributed by atoms with Crippen molar-refractivity contribution < 1.29 is 31.1 Å². The number of alkyl halides is 3. The van der Waals surface area contributed by atoms with Gasteiger partial charge in [-0.15, -0.1) is 13.2 Å². The minimum absolute atomic E-state index is 0.0770. The predicted molar refractivity (Wildman–Crippen MR) is 92.0 cm³/mol. The fraction of sp³-hybridized carbons (Fsp3) is 0.333. The highest BCUT2D eigenvalue weighted by Crippen LogP contribution is 2.38. The maximum Gasteiger partial charge on any atom is 0.573 e. The summed E-state index contributed by atoms with van der Waals surface area (Å²) < 4.78 is 73.2. The number of halogens is 3. The Morgan fingerprint density at radius 3 is 2.41 bits per heavy atom. The van der Waals surface area contributed by atoms with Gasteiger partial charge in [-0.3, -0.25) is 0 Å². The summed E-state index contributed by atoms with van der Waals surface area (Å²) in [6.45, 7) is 0.338. The highest BCUT2D eigenvalue weighted by atomic mass is 32.2. The molecule has 2 aromatic rings. The summed E-state index contributed by atoms with van der Waals surface area (Å²) in [5, 5.41) is 0. The van der Waals surface area contributed by atoms with E-state index in [0.717, 1.165) is 29.8 Å². The van der Waals surface area contributed by atoms with E-state index in [2.05, 4.69) is 4.74 Å². The Morgan fingerprint density at radius 1 is 1.07 bits per heavy atom. The normalized spacial score (nSPS) is 18.4. The summed E-state index contributed by atoms with van der Waals surface area (Å²) in [5.41, 5.74) is 0.812. The monoisotopic (exact) mass is 401 g/mol. The zero-order valence-electron chi connectivity index (χ0n) is 14.4. The van der Waals surface area contributed by atoms with Gasteiger partial charge in [-0.25, -0.2) is 8.42 Å².